The van der Waals surface area contributed by atoms with Crippen LogP contribution in [-0.2, 0) is 0 Å². The number of anilines is 2. The van der Waals surface area contributed by atoms with E-state index in [1.165, 1.54) is 11.3 Å². The number of furan rings is 1. The molecule has 0 aliphatic heterocycles. The minimum Gasteiger partial charge on any atom is -0.459 e. The number of nitrogens with one attached hydrogen (secondary N) is 1. The summed E-state index contributed by atoms with van der Waals surface area (Å²) in [6.45, 7) is 3.62. The molecule has 0 aliphatic carbocycles. The molecule has 0 atom stereocenters. The summed E-state index contributed by atoms with van der Waals surface area (Å²) in [5.74, 6) is 1.13. The Kier molecular flexibility index (Phi) is 4.54. The van der Waals surface area contributed by atoms with Crippen molar-refractivity contribution in [2.24, 2.45) is 0 Å². The highest BCUT2D eigenvalue weighted by Crippen LogP contribution is 2.33. The van der Waals surface area contributed by atoms with Gasteiger partial charge in [0.2, 0.25) is 0 Å². The van der Waals surface area contributed by atoms with Crippen LogP contribution in [0.15, 0.2) is 28.7 Å². The number of carbonyl (C=O) groups excluding carboxylic acids is 1. The molecule has 8 heteroatoms. The van der Waals surface area contributed by atoms with Crippen molar-refractivity contribution in [3.8, 4) is 10.8 Å². The number of nitrogen functional groups attached to an aromatic ring is 1. The molecule has 0 spiro atoms. The van der Waals surface area contributed by atoms with Crippen molar-refractivity contribution < 1.29 is 9.21 Å². The van der Waals surface area contributed by atoms with E-state index in [0.29, 0.717) is 27.0 Å². The van der Waals surface area contributed by atoms with E-state index in [2.05, 4.69) is 10.3 Å². The number of amides is 1. The Morgan fingerprint density at radius 1 is 1.25 bits per heavy atom. The molecular formula is C16H13Cl2N3O2S. The van der Waals surface area contributed by atoms with Gasteiger partial charge in [0.1, 0.15) is 10.6 Å². The first-order chi connectivity index (χ1) is 11.3. The van der Waals surface area contributed by atoms with Gasteiger partial charge in [-0.25, -0.2) is 4.98 Å². The number of thiazole rings is 1. The number of rotatable bonds is 3. The fourth-order valence-electron chi connectivity index (χ4n) is 2.11. The summed E-state index contributed by atoms with van der Waals surface area (Å²) < 4.78 is 5.55. The molecule has 0 saturated carbocycles. The van der Waals surface area contributed by atoms with E-state index in [0.717, 1.165) is 5.76 Å². The molecule has 0 saturated heterocycles. The van der Waals surface area contributed by atoms with E-state index < -0.39 is 0 Å². The molecule has 1 aromatic carbocycles. The van der Waals surface area contributed by atoms with Gasteiger partial charge in [-0.05, 0) is 38.1 Å². The molecule has 124 valence electrons. The lowest BCUT2D eigenvalue weighted by Crippen LogP contribution is -2.11. The minimum atomic E-state index is -0.295. The number of nitrogens with two attached hydrogens (primary N) is 1. The highest BCUT2D eigenvalue weighted by atomic mass is 35.5. The molecule has 0 aliphatic rings. The van der Waals surface area contributed by atoms with E-state index in [1.807, 2.05) is 19.1 Å². The predicted octanol–water partition coefficient (Wildman–Crippen LogP) is 5.16. The quantitative estimate of drug-likeness (QED) is 0.613. The Labute approximate surface area is 152 Å². The van der Waals surface area contributed by atoms with Crippen LogP contribution in [0.4, 0.5) is 11.4 Å². The van der Waals surface area contributed by atoms with Crippen LogP contribution < -0.4 is 11.1 Å². The molecule has 3 N–H and O–H groups in total. The van der Waals surface area contributed by atoms with Gasteiger partial charge < -0.3 is 15.5 Å². The highest BCUT2D eigenvalue weighted by Gasteiger charge is 2.18. The molecule has 2 heterocycles. The molecule has 3 rings (SSSR count). The molecule has 3 aromatic rings. The first-order valence-corrected chi connectivity index (χ1v) is 8.52. The molecule has 0 unspecified atom stereocenters. The number of benzene rings is 1. The second kappa shape index (κ2) is 6.47. The van der Waals surface area contributed by atoms with Gasteiger partial charge in [-0.1, -0.05) is 23.2 Å². The lowest BCUT2D eigenvalue weighted by Gasteiger charge is -2.07. The van der Waals surface area contributed by atoms with Gasteiger partial charge in [-0.15, -0.1) is 11.3 Å². The Hall–Kier alpha value is -2.02. The molecule has 1 amide bonds. The summed E-state index contributed by atoms with van der Waals surface area (Å²) in [6.07, 6.45) is 0. The predicted molar refractivity (Wildman–Crippen MR) is 98.1 cm³/mol. The van der Waals surface area contributed by atoms with Crippen LogP contribution in [0, 0.1) is 13.8 Å². The van der Waals surface area contributed by atoms with Gasteiger partial charge in [0, 0.05) is 5.69 Å². The zero-order chi connectivity index (χ0) is 17.4. The maximum Gasteiger partial charge on any atom is 0.267 e. The van der Waals surface area contributed by atoms with Crippen LogP contribution >= 0.6 is 34.5 Å². The van der Waals surface area contributed by atoms with E-state index >= 15 is 0 Å². The van der Waals surface area contributed by atoms with E-state index in [-0.39, 0.29) is 21.6 Å². The topological polar surface area (TPSA) is 81.2 Å². The van der Waals surface area contributed by atoms with E-state index in [4.69, 9.17) is 33.4 Å². The van der Waals surface area contributed by atoms with Gasteiger partial charge in [-0.2, -0.15) is 0 Å². The normalized spacial score (nSPS) is 10.8. The molecular weight excluding hydrogens is 369 g/mol. The second-order valence-corrected chi connectivity index (χ2v) is 6.97. The van der Waals surface area contributed by atoms with Crippen molar-refractivity contribution in [2.75, 3.05) is 11.1 Å². The van der Waals surface area contributed by atoms with Gasteiger partial charge in [0.05, 0.1) is 21.4 Å². The molecule has 5 nitrogen and oxygen atoms in total. The maximum atomic E-state index is 12.5. The Bertz CT molecular complexity index is 910. The number of hydrogen-bond donors (Lipinski definition) is 2. The molecule has 0 radical (unpaired) electrons. The number of hydrogen-bond acceptors (Lipinski definition) is 5. The minimum absolute atomic E-state index is 0.278. The lowest BCUT2D eigenvalue weighted by atomic mass is 10.2. The van der Waals surface area contributed by atoms with E-state index in [9.17, 15) is 4.79 Å². The van der Waals surface area contributed by atoms with Crippen molar-refractivity contribution in [1.29, 1.82) is 0 Å². The molecule has 0 bridgehead atoms. The van der Waals surface area contributed by atoms with Crippen LogP contribution in [0.2, 0.25) is 10.0 Å². The average Bonchev–Trinajstić information content (AvgIpc) is 3.10. The van der Waals surface area contributed by atoms with Gasteiger partial charge >= 0.3 is 0 Å². The zero-order valence-electron chi connectivity index (χ0n) is 12.8. The summed E-state index contributed by atoms with van der Waals surface area (Å²) in [4.78, 5) is 17.4. The smallest absolute Gasteiger partial charge is 0.267 e. The molecule has 0 fully saturated rings. The van der Waals surface area contributed by atoms with Crippen molar-refractivity contribution >= 4 is 51.8 Å². The van der Waals surface area contributed by atoms with Gasteiger partial charge in [0.15, 0.2) is 10.8 Å². The van der Waals surface area contributed by atoms with Crippen LogP contribution in [-0.4, -0.2) is 10.9 Å². The number of aromatic nitrogens is 1. The highest BCUT2D eigenvalue weighted by molar-refractivity contribution is 7.17. The number of aryl methyl sites for hydroxylation is 2. The lowest BCUT2D eigenvalue weighted by molar-refractivity contribution is 0.103. The van der Waals surface area contributed by atoms with Crippen LogP contribution in [0.5, 0.6) is 0 Å². The van der Waals surface area contributed by atoms with Crippen molar-refractivity contribution in [3.63, 3.8) is 0 Å². The van der Waals surface area contributed by atoms with Gasteiger partial charge in [-0.3, -0.25) is 4.79 Å². The number of carbonyl (C=O) groups is 1. The number of halogens is 2. The van der Waals surface area contributed by atoms with Crippen molar-refractivity contribution in [2.45, 2.75) is 13.8 Å². The fourth-order valence-corrected chi connectivity index (χ4v) is 3.52. The van der Waals surface area contributed by atoms with Crippen LogP contribution in [0.3, 0.4) is 0 Å². The monoisotopic (exact) mass is 381 g/mol. The summed E-state index contributed by atoms with van der Waals surface area (Å²) in [5, 5.41) is 3.97. The standard InChI is InChI=1S/C16H13Cl2N3O2S/c1-7-3-4-12(23-7)16-20-8(2)14(24-16)15(22)21-9-5-10(17)13(19)11(18)6-9/h3-6H,19H2,1-2H3,(H,21,22). The third-order valence-corrected chi connectivity index (χ3v) is 5.09. The SMILES string of the molecule is Cc1ccc(-c2nc(C)c(C(=O)Nc3cc(Cl)c(N)c(Cl)c3)s2)o1. The molecule has 2 aromatic heterocycles. The van der Waals surface area contributed by atoms with Crippen LogP contribution in [0.1, 0.15) is 21.1 Å². The first-order valence-electron chi connectivity index (χ1n) is 6.95. The summed E-state index contributed by atoms with van der Waals surface area (Å²) >= 11 is 13.2. The number of nitrogens with zero attached hydrogens (tertiary/aromatic N) is 1. The Balaban J connectivity index is 1.87. The van der Waals surface area contributed by atoms with Crippen LogP contribution in [0.25, 0.3) is 10.8 Å². The van der Waals surface area contributed by atoms with E-state index in [1.54, 1.807) is 19.1 Å². The van der Waals surface area contributed by atoms with Crippen molar-refractivity contribution in [3.05, 3.63) is 50.6 Å². The zero-order valence-corrected chi connectivity index (χ0v) is 15.1. The fraction of sp³-hybridized carbons (Fsp3) is 0.125. The maximum absolute atomic E-state index is 12.5. The first kappa shape index (κ1) is 16.8. The third kappa shape index (κ3) is 3.26. The third-order valence-electron chi connectivity index (χ3n) is 3.29. The second-order valence-electron chi connectivity index (χ2n) is 5.15. The molecule has 24 heavy (non-hydrogen) atoms. The van der Waals surface area contributed by atoms with Crippen molar-refractivity contribution in [1.82, 2.24) is 4.98 Å². The largest absolute Gasteiger partial charge is 0.459 e. The Morgan fingerprint density at radius 2 is 1.92 bits per heavy atom. The summed E-state index contributed by atoms with van der Waals surface area (Å²) in [7, 11) is 0. The Morgan fingerprint density at radius 3 is 2.50 bits per heavy atom. The summed E-state index contributed by atoms with van der Waals surface area (Å²) in [5.41, 5.74) is 7.05. The summed E-state index contributed by atoms with van der Waals surface area (Å²) in [6, 6.07) is 6.78. The van der Waals surface area contributed by atoms with Gasteiger partial charge in [0.25, 0.3) is 5.91 Å². The average molecular weight is 382 g/mol.